The summed E-state index contributed by atoms with van der Waals surface area (Å²) < 4.78 is 5.00. The number of nitrogens with zero attached hydrogens (tertiary/aromatic N) is 1. The van der Waals surface area contributed by atoms with E-state index in [0.29, 0.717) is 11.3 Å². The molecule has 1 N–H and O–H groups in total. The lowest BCUT2D eigenvalue weighted by molar-refractivity contribution is 0.194. The molecule has 1 aromatic heterocycles. The fraction of sp³-hybridized carbons (Fsp3) is 0.375. The van der Waals surface area contributed by atoms with Crippen LogP contribution in [0.3, 0.4) is 0 Å². The number of halogens is 1. The second-order valence-corrected chi connectivity index (χ2v) is 2.75. The number of hydrogen-bond donors (Lipinski definition) is 1. The summed E-state index contributed by atoms with van der Waals surface area (Å²) in [5, 5.41) is 9.59. The van der Waals surface area contributed by atoms with Crippen molar-refractivity contribution in [1.29, 1.82) is 0 Å². The van der Waals surface area contributed by atoms with E-state index < -0.39 is 6.10 Å². The van der Waals surface area contributed by atoms with Crippen LogP contribution in [0.15, 0.2) is 12.3 Å². The first-order valence-electron chi connectivity index (χ1n) is 3.53. The number of aliphatic hydroxyl groups is 1. The molecule has 12 heavy (non-hydrogen) atoms. The highest BCUT2D eigenvalue weighted by Gasteiger charge is 2.13. The van der Waals surface area contributed by atoms with Gasteiger partial charge in [-0.3, -0.25) is 0 Å². The van der Waals surface area contributed by atoms with E-state index in [0.717, 1.165) is 0 Å². The number of hydrogen-bond acceptors (Lipinski definition) is 3. The van der Waals surface area contributed by atoms with Gasteiger partial charge in [0.1, 0.15) is 10.9 Å². The molecule has 1 unspecified atom stereocenters. The smallest absolute Gasteiger partial charge is 0.138 e. The first-order chi connectivity index (χ1) is 5.66. The van der Waals surface area contributed by atoms with Gasteiger partial charge in [0.25, 0.3) is 0 Å². The summed E-state index contributed by atoms with van der Waals surface area (Å²) in [6, 6.07) is 1.66. The van der Waals surface area contributed by atoms with Gasteiger partial charge in [-0.25, -0.2) is 4.98 Å². The Kier molecular flexibility index (Phi) is 2.89. The van der Waals surface area contributed by atoms with Gasteiger partial charge in [-0.05, 0) is 13.0 Å². The van der Waals surface area contributed by atoms with Crippen LogP contribution in [-0.2, 0) is 0 Å². The first-order valence-corrected chi connectivity index (χ1v) is 3.91. The monoisotopic (exact) mass is 187 g/mol. The zero-order chi connectivity index (χ0) is 9.14. The minimum Gasteiger partial charge on any atom is -0.496 e. The highest BCUT2D eigenvalue weighted by Crippen LogP contribution is 2.29. The summed E-state index contributed by atoms with van der Waals surface area (Å²) in [6.07, 6.45) is 0.869. The topological polar surface area (TPSA) is 42.4 Å². The minimum atomic E-state index is -0.666. The Labute approximate surface area is 76.0 Å². The van der Waals surface area contributed by atoms with Crippen LogP contribution in [0.4, 0.5) is 0 Å². The summed E-state index contributed by atoms with van der Waals surface area (Å²) in [5.74, 6) is 0.560. The van der Waals surface area contributed by atoms with E-state index >= 15 is 0 Å². The summed E-state index contributed by atoms with van der Waals surface area (Å²) >= 11 is 5.75. The third kappa shape index (κ3) is 1.68. The Morgan fingerprint density at radius 3 is 2.75 bits per heavy atom. The molecule has 1 rings (SSSR count). The fourth-order valence-corrected chi connectivity index (χ4v) is 1.30. The lowest BCUT2D eigenvalue weighted by Crippen LogP contribution is -1.98. The van der Waals surface area contributed by atoms with Crippen molar-refractivity contribution in [2.75, 3.05) is 7.11 Å². The van der Waals surface area contributed by atoms with Gasteiger partial charge in [0.15, 0.2) is 0 Å². The maximum absolute atomic E-state index is 9.31. The summed E-state index contributed by atoms with van der Waals surface area (Å²) in [6.45, 7) is 1.62. The molecule has 66 valence electrons. The third-order valence-corrected chi connectivity index (χ3v) is 1.84. The van der Waals surface area contributed by atoms with Crippen LogP contribution in [0, 0.1) is 0 Å². The maximum atomic E-state index is 9.31. The van der Waals surface area contributed by atoms with Gasteiger partial charge in [0.2, 0.25) is 0 Å². The van der Waals surface area contributed by atoms with E-state index in [2.05, 4.69) is 4.98 Å². The SMILES string of the molecule is COc1ccnc(Cl)c1C(C)O. The van der Waals surface area contributed by atoms with E-state index in [9.17, 15) is 5.11 Å². The van der Waals surface area contributed by atoms with Crippen molar-refractivity contribution in [3.63, 3.8) is 0 Å². The van der Waals surface area contributed by atoms with Crippen molar-refractivity contribution >= 4 is 11.6 Å². The molecule has 0 aromatic carbocycles. The van der Waals surface area contributed by atoms with E-state index in [-0.39, 0.29) is 5.15 Å². The molecule has 0 bridgehead atoms. The average molecular weight is 188 g/mol. The predicted molar refractivity (Wildman–Crippen MR) is 46.4 cm³/mol. The molecule has 0 radical (unpaired) electrons. The predicted octanol–water partition coefficient (Wildman–Crippen LogP) is 1.80. The van der Waals surface area contributed by atoms with Gasteiger partial charge in [-0.2, -0.15) is 0 Å². The van der Waals surface area contributed by atoms with E-state index in [1.54, 1.807) is 13.0 Å². The van der Waals surface area contributed by atoms with E-state index in [1.165, 1.54) is 13.3 Å². The molecule has 0 aliphatic heterocycles. The van der Waals surface area contributed by atoms with Crippen LogP contribution in [-0.4, -0.2) is 17.2 Å². The van der Waals surface area contributed by atoms with Gasteiger partial charge in [0.05, 0.1) is 18.8 Å². The molecule has 0 saturated heterocycles. The largest absolute Gasteiger partial charge is 0.496 e. The Balaban J connectivity index is 3.20. The van der Waals surface area contributed by atoms with Crippen LogP contribution >= 0.6 is 11.6 Å². The average Bonchev–Trinajstić information content (AvgIpc) is 2.03. The second kappa shape index (κ2) is 3.74. The number of aliphatic hydroxyl groups excluding tert-OH is 1. The van der Waals surface area contributed by atoms with Gasteiger partial charge in [0, 0.05) is 6.20 Å². The van der Waals surface area contributed by atoms with Gasteiger partial charge in [-0.15, -0.1) is 0 Å². The molecule has 1 atom stereocenters. The van der Waals surface area contributed by atoms with Crippen molar-refractivity contribution in [3.8, 4) is 5.75 Å². The normalized spacial score (nSPS) is 12.7. The van der Waals surface area contributed by atoms with E-state index in [4.69, 9.17) is 16.3 Å². The molecule has 4 heteroatoms. The van der Waals surface area contributed by atoms with Gasteiger partial charge < -0.3 is 9.84 Å². The van der Waals surface area contributed by atoms with Crippen molar-refractivity contribution in [1.82, 2.24) is 4.98 Å². The Morgan fingerprint density at radius 2 is 2.33 bits per heavy atom. The molecule has 3 nitrogen and oxygen atoms in total. The molecule has 1 aromatic rings. The molecule has 1 heterocycles. The van der Waals surface area contributed by atoms with Crippen LogP contribution in [0.5, 0.6) is 5.75 Å². The summed E-state index contributed by atoms with van der Waals surface area (Å²) in [4.78, 5) is 3.83. The number of ether oxygens (including phenoxy) is 1. The number of aromatic nitrogens is 1. The number of pyridine rings is 1. The molecule has 0 spiro atoms. The number of rotatable bonds is 2. The minimum absolute atomic E-state index is 0.282. The molecular formula is C8H10ClNO2. The summed E-state index contributed by atoms with van der Waals surface area (Å²) in [5.41, 5.74) is 0.529. The molecule has 0 aliphatic rings. The number of methoxy groups -OCH3 is 1. The molecule has 0 saturated carbocycles. The van der Waals surface area contributed by atoms with Crippen molar-refractivity contribution in [2.24, 2.45) is 0 Å². The third-order valence-electron chi connectivity index (χ3n) is 1.54. The Morgan fingerprint density at radius 1 is 1.67 bits per heavy atom. The lowest BCUT2D eigenvalue weighted by Gasteiger charge is -2.10. The molecule has 0 amide bonds. The van der Waals surface area contributed by atoms with E-state index in [1.807, 2.05) is 0 Å². The highest BCUT2D eigenvalue weighted by atomic mass is 35.5. The first kappa shape index (κ1) is 9.29. The highest BCUT2D eigenvalue weighted by molar-refractivity contribution is 6.30. The fourth-order valence-electron chi connectivity index (χ4n) is 0.988. The van der Waals surface area contributed by atoms with Crippen LogP contribution in [0.25, 0.3) is 0 Å². The standard InChI is InChI=1S/C8H10ClNO2/c1-5(11)7-6(12-2)3-4-10-8(7)9/h3-5,11H,1-2H3. The maximum Gasteiger partial charge on any atom is 0.138 e. The van der Waals surface area contributed by atoms with Gasteiger partial charge in [-0.1, -0.05) is 11.6 Å². The Bertz CT molecular complexity index is 276. The molecule has 0 fully saturated rings. The van der Waals surface area contributed by atoms with Crippen molar-refractivity contribution < 1.29 is 9.84 Å². The van der Waals surface area contributed by atoms with Crippen molar-refractivity contribution in [2.45, 2.75) is 13.0 Å². The second-order valence-electron chi connectivity index (χ2n) is 2.39. The van der Waals surface area contributed by atoms with Crippen molar-refractivity contribution in [3.05, 3.63) is 23.0 Å². The Hall–Kier alpha value is -0.800. The summed E-state index contributed by atoms with van der Waals surface area (Å²) in [7, 11) is 1.53. The van der Waals surface area contributed by atoms with Crippen LogP contribution < -0.4 is 4.74 Å². The van der Waals surface area contributed by atoms with Crippen LogP contribution in [0.1, 0.15) is 18.6 Å². The quantitative estimate of drug-likeness (QED) is 0.718. The molecular weight excluding hydrogens is 178 g/mol. The van der Waals surface area contributed by atoms with Crippen LogP contribution in [0.2, 0.25) is 5.15 Å². The van der Waals surface area contributed by atoms with Gasteiger partial charge >= 0.3 is 0 Å². The zero-order valence-corrected chi connectivity index (χ0v) is 7.67. The zero-order valence-electron chi connectivity index (χ0n) is 6.91. The lowest BCUT2D eigenvalue weighted by atomic mass is 10.2. The molecule has 0 aliphatic carbocycles.